The van der Waals surface area contributed by atoms with Crippen LogP contribution in [0.3, 0.4) is 0 Å². The molecule has 1 aliphatic heterocycles. The van der Waals surface area contributed by atoms with Crippen LogP contribution in [0.1, 0.15) is 16.7 Å². The first-order valence-electron chi connectivity index (χ1n) is 10.1. The molecule has 30 heavy (non-hydrogen) atoms. The lowest BCUT2D eigenvalue weighted by Crippen LogP contribution is -2.52. The van der Waals surface area contributed by atoms with E-state index in [9.17, 15) is 4.79 Å². The summed E-state index contributed by atoms with van der Waals surface area (Å²) >= 11 is 1.85. The minimum absolute atomic E-state index is 0.185. The van der Waals surface area contributed by atoms with E-state index >= 15 is 0 Å². The van der Waals surface area contributed by atoms with E-state index in [0.717, 1.165) is 12.3 Å². The van der Waals surface area contributed by atoms with Gasteiger partial charge in [0.2, 0.25) is 0 Å². The van der Waals surface area contributed by atoms with Crippen molar-refractivity contribution in [1.29, 1.82) is 0 Å². The molecule has 3 aromatic rings. The summed E-state index contributed by atoms with van der Waals surface area (Å²) in [6.07, 6.45) is -1.37. The zero-order valence-electron chi connectivity index (χ0n) is 17.0. The number of hydrogen-bond acceptors (Lipinski definition) is 4. The Morgan fingerprint density at radius 2 is 1.73 bits per heavy atom. The number of nitrogens with zero attached hydrogens (tertiary/aromatic N) is 1. The quantitative estimate of drug-likeness (QED) is 0.385. The predicted octanol–water partition coefficient (Wildman–Crippen LogP) is 5.83. The zero-order valence-corrected chi connectivity index (χ0v) is 17.8. The smallest absolute Gasteiger partial charge is 0.450 e. The van der Waals surface area contributed by atoms with Gasteiger partial charge in [0.05, 0.1) is 0 Å². The topological polar surface area (TPSA) is 49.8 Å². The molecule has 0 unspecified atom stereocenters. The third kappa shape index (κ3) is 5.23. The van der Waals surface area contributed by atoms with Crippen molar-refractivity contribution in [3.8, 4) is 11.1 Å². The van der Waals surface area contributed by atoms with Crippen LogP contribution >= 0.6 is 11.8 Å². The molecule has 0 saturated carbocycles. The molecule has 0 spiro atoms. The molecule has 0 atom stereocenters. The molecule has 0 amide bonds. The van der Waals surface area contributed by atoms with Crippen LogP contribution in [0, 0.1) is 6.92 Å². The van der Waals surface area contributed by atoms with Crippen LogP contribution in [0.4, 0.5) is 4.79 Å². The number of hydrogen-bond donors (Lipinski definition) is 1. The van der Waals surface area contributed by atoms with Crippen LogP contribution in [0.2, 0.25) is 0 Å². The van der Waals surface area contributed by atoms with Crippen molar-refractivity contribution in [2.75, 3.05) is 13.1 Å². The fraction of sp³-hybridized carbons (Fsp3) is 0.240. The van der Waals surface area contributed by atoms with E-state index < -0.39 is 6.16 Å². The average molecular weight is 420 g/mol. The number of thioether (sulfide) groups is 1. The van der Waals surface area contributed by atoms with Gasteiger partial charge in [-0.3, -0.25) is 4.90 Å². The maximum atomic E-state index is 10.5. The van der Waals surface area contributed by atoms with Gasteiger partial charge in [-0.25, -0.2) is 4.79 Å². The molecule has 1 aliphatic rings. The first-order valence-corrected chi connectivity index (χ1v) is 11.0. The van der Waals surface area contributed by atoms with Crippen molar-refractivity contribution in [3.05, 3.63) is 89.5 Å². The first-order chi connectivity index (χ1) is 14.6. The van der Waals surface area contributed by atoms with Crippen molar-refractivity contribution in [3.63, 3.8) is 0 Å². The van der Waals surface area contributed by atoms with Crippen molar-refractivity contribution in [2.24, 2.45) is 0 Å². The fourth-order valence-corrected chi connectivity index (χ4v) is 4.65. The Hall–Kier alpha value is -2.76. The number of rotatable bonds is 7. The number of benzene rings is 3. The summed E-state index contributed by atoms with van der Waals surface area (Å²) in [4.78, 5) is 14.0. The van der Waals surface area contributed by atoms with E-state index in [-0.39, 0.29) is 6.10 Å². The normalized spacial score (nSPS) is 14.3. The molecule has 0 aromatic heterocycles. The van der Waals surface area contributed by atoms with E-state index in [1.807, 2.05) is 17.8 Å². The Bertz CT molecular complexity index is 999. The molecule has 5 heteroatoms. The Morgan fingerprint density at radius 3 is 2.40 bits per heavy atom. The highest BCUT2D eigenvalue weighted by Crippen LogP contribution is 2.29. The highest BCUT2D eigenvalue weighted by Gasteiger charge is 2.29. The van der Waals surface area contributed by atoms with Gasteiger partial charge in [0.15, 0.2) is 0 Å². The largest absolute Gasteiger partial charge is 0.506 e. The monoisotopic (exact) mass is 419 g/mol. The Labute approximate surface area is 181 Å². The van der Waals surface area contributed by atoms with E-state index in [2.05, 4.69) is 78.6 Å². The van der Waals surface area contributed by atoms with Gasteiger partial charge in [0.1, 0.15) is 6.10 Å². The van der Waals surface area contributed by atoms with Gasteiger partial charge in [-0.1, -0.05) is 60.7 Å². The second kappa shape index (κ2) is 9.37. The van der Waals surface area contributed by atoms with Crippen LogP contribution in [0.5, 0.6) is 0 Å². The molecular weight excluding hydrogens is 394 g/mol. The summed E-state index contributed by atoms with van der Waals surface area (Å²) in [5, 5.41) is 8.63. The van der Waals surface area contributed by atoms with Gasteiger partial charge in [-0.05, 0) is 46.9 Å². The third-order valence-electron chi connectivity index (χ3n) is 5.31. The van der Waals surface area contributed by atoms with Gasteiger partial charge >= 0.3 is 6.16 Å². The Morgan fingerprint density at radius 1 is 1.03 bits per heavy atom. The maximum absolute atomic E-state index is 10.5. The minimum Gasteiger partial charge on any atom is -0.450 e. The summed E-state index contributed by atoms with van der Waals surface area (Å²) in [5.74, 6) is 0.933. The van der Waals surface area contributed by atoms with Crippen LogP contribution in [-0.4, -0.2) is 35.4 Å². The molecule has 0 bridgehead atoms. The average Bonchev–Trinajstić information content (AvgIpc) is 2.72. The van der Waals surface area contributed by atoms with Crippen LogP contribution in [0.25, 0.3) is 11.1 Å². The molecule has 1 N–H and O–H groups in total. The van der Waals surface area contributed by atoms with E-state index in [1.165, 1.54) is 32.7 Å². The van der Waals surface area contributed by atoms with E-state index in [1.54, 1.807) is 0 Å². The van der Waals surface area contributed by atoms with Gasteiger partial charge in [0.25, 0.3) is 0 Å². The molecule has 3 aromatic carbocycles. The van der Waals surface area contributed by atoms with Crippen LogP contribution in [-0.2, 0) is 17.0 Å². The molecular formula is C25H25NO3S. The molecule has 0 radical (unpaired) electrons. The van der Waals surface area contributed by atoms with Crippen molar-refractivity contribution in [1.82, 2.24) is 4.90 Å². The zero-order chi connectivity index (χ0) is 20.9. The highest BCUT2D eigenvalue weighted by atomic mass is 32.2. The van der Waals surface area contributed by atoms with Gasteiger partial charge in [0, 0.05) is 30.3 Å². The van der Waals surface area contributed by atoms with Crippen molar-refractivity contribution < 1.29 is 14.6 Å². The van der Waals surface area contributed by atoms with Crippen molar-refractivity contribution >= 4 is 17.9 Å². The molecule has 0 aliphatic carbocycles. The maximum Gasteiger partial charge on any atom is 0.506 e. The lowest BCUT2D eigenvalue weighted by molar-refractivity contribution is -0.0363. The number of carboxylic acid groups (broad SMARTS) is 1. The molecule has 1 saturated heterocycles. The number of carbonyl (C=O) groups is 1. The molecule has 4 nitrogen and oxygen atoms in total. The molecule has 4 rings (SSSR count). The summed E-state index contributed by atoms with van der Waals surface area (Å²) in [7, 11) is 0. The van der Waals surface area contributed by atoms with Crippen LogP contribution < -0.4 is 0 Å². The SMILES string of the molecule is Cc1cc(SCc2ccc(CN3CC(OC(=O)O)C3)cc2)ccc1-c1ccccc1. The number of aryl methyl sites for hydroxylation is 1. The second-order valence-electron chi connectivity index (χ2n) is 7.65. The summed E-state index contributed by atoms with van der Waals surface area (Å²) in [6.45, 7) is 4.33. The lowest BCUT2D eigenvalue weighted by Gasteiger charge is -2.37. The van der Waals surface area contributed by atoms with Gasteiger partial charge in [-0.2, -0.15) is 0 Å². The Kier molecular flexibility index (Phi) is 6.41. The first kappa shape index (κ1) is 20.5. The van der Waals surface area contributed by atoms with Crippen LogP contribution in [0.15, 0.2) is 77.7 Å². The van der Waals surface area contributed by atoms with Crippen molar-refractivity contribution in [2.45, 2.75) is 30.2 Å². The Balaban J connectivity index is 1.28. The molecule has 1 heterocycles. The minimum atomic E-state index is -1.19. The molecule has 1 fully saturated rings. The summed E-state index contributed by atoms with van der Waals surface area (Å²) < 4.78 is 4.76. The van der Waals surface area contributed by atoms with Gasteiger partial charge < -0.3 is 9.84 Å². The van der Waals surface area contributed by atoms with Gasteiger partial charge in [-0.15, -0.1) is 11.8 Å². The number of likely N-dealkylation sites (tertiary alicyclic amines) is 1. The highest BCUT2D eigenvalue weighted by molar-refractivity contribution is 7.98. The predicted molar refractivity (Wildman–Crippen MR) is 121 cm³/mol. The van der Waals surface area contributed by atoms with E-state index in [0.29, 0.717) is 13.1 Å². The summed E-state index contributed by atoms with van der Waals surface area (Å²) in [5.41, 5.74) is 6.36. The standard InChI is InChI=1S/C25H25NO3S/c1-18-13-23(11-12-24(18)21-5-3-2-4-6-21)30-17-20-9-7-19(8-10-20)14-26-15-22(16-26)29-25(27)28/h2-13,22H,14-17H2,1H3,(H,27,28). The lowest BCUT2D eigenvalue weighted by atomic mass is 10.0. The summed E-state index contributed by atoms with van der Waals surface area (Å²) in [6, 6.07) is 25.8. The second-order valence-corrected chi connectivity index (χ2v) is 8.70. The number of ether oxygens (including phenoxy) is 1. The van der Waals surface area contributed by atoms with E-state index in [4.69, 9.17) is 9.84 Å². The third-order valence-corrected chi connectivity index (χ3v) is 6.37. The fourth-order valence-electron chi connectivity index (χ4n) is 3.70. The molecule has 154 valence electrons.